The molecule has 1 heterocycles. The van der Waals surface area contributed by atoms with E-state index in [0.29, 0.717) is 23.9 Å². The van der Waals surface area contributed by atoms with E-state index in [1.54, 1.807) is 7.11 Å². The quantitative estimate of drug-likeness (QED) is 0.886. The highest BCUT2D eigenvalue weighted by Crippen LogP contribution is 2.31. The highest BCUT2D eigenvalue weighted by Gasteiger charge is 2.22. The Labute approximate surface area is 131 Å². The van der Waals surface area contributed by atoms with Gasteiger partial charge in [-0.3, -0.25) is 5.10 Å². The number of nitrogens with one attached hydrogen (secondary N) is 1. The number of nitrogens with zero attached hydrogens (tertiary/aromatic N) is 2. The molecule has 0 radical (unpaired) electrons. The van der Waals surface area contributed by atoms with E-state index in [2.05, 4.69) is 36.0 Å². The Morgan fingerprint density at radius 1 is 1.27 bits per heavy atom. The molecular formula is C16H24N4O2. The first kappa shape index (κ1) is 16.3. The number of methoxy groups -OCH3 is 1. The van der Waals surface area contributed by atoms with Gasteiger partial charge in [0, 0.05) is 5.41 Å². The first-order valence-electron chi connectivity index (χ1n) is 7.36. The van der Waals surface area contributed by atoms with Gasteiger partial charge in [-0.2, -0.15) is 5.10 Å². The van der Waals surface area contributed by atoms with Crippen LogP contribution in [0.5, 0.6) is 11.5 Å². The summed E-state index contributed by atoms with van der Waals surface area (Å²) in [5, 5.41) is 7.18. The summed E-state index contributed by atoms with van der Waals surface area (Å²) in [6.45, 7) is 8.70. The van der Waals surface area contributed by atoms with Crippen molar-refractivity contribution < 1.29 is 9.47 Å². The molecule has 3 N–H and O–H groups in total. The third kappa shape index (κ3) is 3.39. The maximum atomic E-state index is 6.29. The third-order valence-electron chi connectivity index (χ3n) is 3.31. The third-order valence-corrected chi connectivity index (χ3v) is 3.31. The Balaban J connectivity index is 2.29. The van der Waals surface area contributed by atoms with Gasteiger partial charge in [-0.05, 0) is 24.6 Å². The van der Waals surface area contributed by atoms with Crippen LogP contribution in [0.1, 0.15) is 50.9 Å². The molecule has 1 aromatic heterocycles. The molecular weight excluding hydrogens is 280 g/mol. The summed E-state index contributed by atoms with van der Waals surface area (Å²) in [5.74, 6) is 2.74. The highest BCUT2D eigenvalue weighted by molar-refractivity contribution is 5.44. The molecule has 0 amide bonds. The van der Waals surface area contributed by atoms with Crippen molar-refractivity contribution in [1.29, 1.82) is 0 Å². The lowest BCUT2D eigenvalue weighted by atomic mass is 9.96. The lowest BCUT2D eigenvalue weighted by molar-refractivity contribution is 0.310. The van der Waals surface area contributed by atoms with Gasteiger partial charge in [-0.25, -0.2) is 4.98 Å². The monoisotopic (exact) mass is 304 g/mol. The number of aromatic amines is 1. The second-order valence-electron chi connectivity index (χ2n) is 6.12. The van der Waals surface area contributed by atoms with Crippen LogP contribution in [0.25, 0.3) is 0 Å². The van der Waals surface area contributed by atoms with Crippen LogP contribution in [-0.4, -0.2) is 28.9 Å². The van der Waals surface area contributed by atoms with Gasteiger partial charge in [0.2, 0.25) is 0 Å². The van der Waals surface area contributed by atoms with Gasteiger partial charge in [0.25, 0.3) is 0 Å². The zero-order valence-corrected chi connectivity index (χ0v) is 13.8. The van der Waals surface area contributed by atoms with Crippen LogP contribution in [0.2, 0.25) is 0 Å². The van der Waals surface area contributed by atoms with Gasteiger partial charge in [0.05, 0.1) is 19.8 Å². The molecule has 0 aliphatic heterocycles. The molecule has 0 unspecified atom stereocenters. The van der Waals surface area contributed by atoms with Crippen LogP contribution in [0, 0.1) is 0 Å². The van der Waals surface area contributed by atoms with Crippen LogP contribution >= 0.6 is 0 Å². The predicted molar refractivity (Wildman–Crippen MR) is 85.3 cm³/mol. The Hall–Kier alpha value is -2.08. The van der Waals surface area contributed by atoms with Gasteiger partial charge >= 0.3 is 0 Å². The zero-order valence-electron chi connectivity index (χ0n) is 13.8. The van der Waals surface area contributed by atoms with E-state index in [0.717, 1.165) is 11.4 Å². The van der Waals surface area contributed by atoms with E-state index in [1.165, 1.54) is 0 Å². The number of hydrogen-bond acceptors (Lipinski definition) is 5. The summed E-state index contributed by atoms with van der Waals surface area (Å²) in [6.07, 6.45) is 0. The molecule has 0 aliphatic carbocycles. The fraction of sp³-hybridized carbons (Fsp3) is 0.500. The second kappa shape index (κ2) is 6.36. The Morgan fingerprint density at radius 2 is 2.00 bits per heavy atom. The molecule has 0 spiro atoms. The molecule has 1 aromatic carbocycles. The van der Waals surface area contributed by atoms with Crippen LogP contribution in [0.4, 0.5) is 0 Å². The van der Waals surface area contributed by atoms with E-state index in [1.807, 2.05) is 25.1 Å². The van der Waals surface area contributed by atoms with Crippen molar-refractivity contribution in [3.8, 4) is 11.5 Å². The smallest absolute Gasteiger partial charge is 0.161 e. The number of aromatic nitrogens is 3. The van der Waals surface area contributed by atoms with Crippen molar-refractivity contribution >= 4 is 0 Å². The summed E-state index contributed by atoms with van der Waals surface area (Å²) in [6, 6.07) is 5.25. The average molecular weight is 304 g/mol. The van der Waals surface area contributed by atoms with E-state index in [4.69, 9.17) is 15.2 Å². The molecule has 0 fully saturated rings. The van der Waals surface area contributed by atoms with Gasteiger partial charge in [-0.1, -0.05) is 26.8 Å². The minimum atomic E-state index is -0.395. The largest absolute Gasteiger partial charge is 0.493 e. The number of rotatable bonds is 5. The Bertz CT molecular complexity index is 631. The molecule has 2 rings (SSSR count). The van der Waals surface area contributed by atoms with Crippen LogP contribution in [0.3, 0.4) is 0 Å². The summed E-state index contributed by atoms with van der Waals surface area (Å²) < 4.78 is 10.9. The van der Waals surface area contributed by atoms with Crippen molar-refractivity contribution in [1.82, 2.24) is 15.2 Å². The topological polar surface area (TPSA) is 86.0 Å². The summed E-state index contributed by atoms with van der Waals surface area (Å²) in [4.78, 5) is 4.51. The summed E-state index contributed by atoms with van der Waals surface area (Å²) >= 11 is 0. The number of H-pyrrole nitrogens is 1. The highest BCUT2D eigenvalue weighted by atomic mass is 16.5. The molecule has 22 heavy (non-hydrogen) atoms. The fourth-order valence-electron chi connectivity index (χ4n) is 2.06. The summed E-state index contributed by atoms with van der Waals surface area (Å²) in [5.41, 5.74) is 7.06. The van der Waals surface area contributed by atoms with Crippen molar-refractivity contribution in [2.75, 3.05) is 13.7 Å². The maximum absolute atomic E-state index is 6.29. The molecule has 0 saturated heterocycles. The minimum Gasteiger partial charge on any atom is -0.493 e. The predicted octanol–water partition coefficient (Wildman–Crippen LogP) is 2.56. The van der Waals surface area contributed by atoms with Crippen molar-refractivity contribution in [3.05, 3.63) is 35.4 Å². The molecule has 0 saturated carbocycles. The maximum Gasteiger partial charge on any atom is 0.161 e. The molecule has 1 atom stereocenters. The number of hydrogen-bond donors (Lipinski definition) is 2. The van der Waals surface area contributed by atoms with E-state index in [-0.39, 0.29) is 5.41 Å². The molecule has 120 valence electrons. The van der Waals surface area contributed by atoms with E-state index < -0.39 is 6.04 Å². The first-order chi connectivity index (χ1) is 10.4. The van der Waals surface area contributed by atoms with Crippen molar-refractivity contribution in [2.24, 2.45) is 5.73 Å². The van der Waals surface area contributed by atoms with Crippen LogP contribution in [0.15, 0.2) is 18.2 Å². The van der Waals surface area contributed by atoms with Crippen molar-refractivity contribution in [2.45, 2.75) is 39.2 Å². The minimum absolute atomic E-state index is 0.120. The fourth-order valence-corrected chi connectivity index (χ4v) is 2.06. The molecule has 0 aliphatic rings. The first-order valence-corrected chi connectivity index (χ1v) is 7.36. The molecule has 2 aromatic rings. The lowest BCUT2D eigenvalue weighted by Crippen LogP contribution is -2.16. The number of benzene rings is 1. The number of ether oxygens (including phenoxy) is 2. The van der Waals surface area contributed by atoms with Crippen LogP contribution in [-0.2, 0) is 5.41 Å². The van der Waals surface area contributed by atoms with Gasteiger partial charge < -0.3 is 15.2 Å². The Morgan fingerprint density at radius 3 is 2.55 bits per heavy atom. The SMILES string of the molecule is CCOc1ccc([C@H](N)c2nc(C(C)(C)C)n[nH]2)cc1OC. The standard InChI is InChI=1S/C16H24N4O2/c1-6-22-11-8-7-10(9-12(11)21-5)13(17)14-18-15(20-19-14)16(2,3)4/h7-9,13H,6,17H2,1-5H3,(H,18,19,20)/t13-/m0/s1. The van der Waals surface area contributed by atoms with Crippen LogP contribution < -0.4 is 15.2 Å². The lowest BCUT2D eigenvalue weighted by Gasteiger charge is -2.14. The van der Waals surface area contributed by atoms with E-state index >= 15 is 0 Å². The molecule has 0 bridgehead atoms. The molecule has 6 heteroatoms. The summed E-state index contributed by atoms with van der Waals surface area (Å²) in [7, 11) is 1.61. The Kier molecular flexibility index (Phi) is 4.71. The zero-order chi connectivity index (χ0) is 16.3. The van der Waals surface area contributed by atoms with E-state index in [9.17, 15) is 0 Å². The normalized spacial score (nSPS) is 13.0. The van der Waals surface area contributed by atoms with Gasteiger partial charge in [-0.15, -0.1) is 0 Å². The number of nitrogens with two attached hydrogens (primary N) is 1. The van der Waals surface area contributed by atoms with Crippen molar-refractivity contribution in [3.63, 3.8) is 0 Å². The molecule has 6 nitrogen and oxygen atoms in total. The van der Waals surface area contributed by atoms with Gasteiger partial charge in [0.15, 0.2) is 17.3 Å². The average Bonchev–Trinajstić information content (AvgIpc) is 2.97. The second-order valence-corrected chi connectivity index (χ2v) is 6.12. The van der Waals surface area contributed by atoms with Gasteiger partial charge in [0.1, 0.15) is 5.82 Å².